The lowest BCUT2D eigenvalue weighted by Crippen LogP contribution is -2.43. The van der Waals surface area contributed by atoms with Crippen LogP contribution in [0.4, 0.5) is 0 Å². The number of nitrogens with two attached hydrogens (primary N) is 1. The van der Waals surface area contributed by atoms with Crippen LogP contribution < -0.4 is 5.73 Å². The third kappa shape index (κ3) is 2.67. The molecule has 1 rings (SSSR count). The van der Waals surface area contributed by atoms with Crippen molar-refractivity contribution in [1.82, 2.24) is 0 Å². The highest BCUT2D eigenvalue weighted by molar-refractivity contribution is 6.35. The Morgan fingerprint density at radius 1 is 1.50 bits per heavy atom. The van der Waals surface area contributed by atoms with Gasteiger partial charge in [0.1, 0.15) is 5.54 Å². The molecule has 0 spiro atoms. The van der Waals surface area contributed by atoms with Crippen molar-refractivity contribution in [3.05, 3.63) is 33.8 Å². The highest BCUT2D eigenvalue weighted by Gasteiger charge is 2.34. The maximum absolute atomic E-state index is 11.7. The van der Waals surface area contributed by atoms with Crippen molar-refractivity contribution in [2.75, 3.05) is 6.61 Å². The van der Waals surface area contributed by atoms with Crippen molar-refractivity contribution in [2.24, 2.45) is 5.73 Å². The highest BCUT2D eigenvalue weighted by Crippen LogP contribution is 2.29. The normalized spacial score (nSPS) is 14.3. The molecule has 1 unspecified atom stereocenters. The third-order valence-electron chi connectivity index (χ3n) is 2.19. The van der Waals surface area contributed by atoms with Crippen molar-refractivity contribution >= 4 is 29.2 Å². The Balaban J connectivity index is 3.11. The third-order valence-corrected chi connectivity index (χ3v) is 2.74. The summed E-state index contributed by atoms with van der Waals surface area (Å²) < 4.78 is 4.89. The summed E-state index contributed by atoms with van der Waals surface area (Å²) in [6.45, 7) is 3.55. The first-order valence-electron chi connectivity index (χ1n) is 4.81. The molecule has 0 bridgehead atoms. The standard InChI is InChI=1S/C11H13Cl2NO2/c1-3-16-10(15)11(2,14)8-5-4-7(12)6-9(8)13/h4-6H,3,14H2,1-2H3. The second-order valence-electron chi connectivity index (χ2n) is 3.55. The fourth-order valence-electron chi connectivity index (χ4n) is 1.30. The van der Waals surface area contributed by atoms with Crippen LogP contribution in [0.3, 0.4) is 0 Å². The molecule has 1 aromatic carbocycles. The zero-order valence-electron chi connectivity index (χ0n) is 9.09. The van der Waals surface area contributed by atoms with Crippen molar-refractivity contribution in [3.63, 3.8) is 0 Å². The van der Waals surface area contributed by atoms with Crippen LogP contribution in [0.15, 0.2) is 18.2 Å². The molecule has 0 aliphatic carbocycles. The summed E-state index contributed by atoms with van der Waals surface area (Å²) in [7, 11) is 0. The van der Waals surface area contributed by atoms with Gasteiger partial charge in [-0.3, -0.25) is 0 Å². The molecule has 0 saturated carbocycles. The highest BCUT2D eigenvalue weighted by atomic mass is 35.5. The van der Waals surface area contributed by atoms with Crippen LogP contribution in [-0.2, 0) is 15.1 Å². The monoisotopic (exact) mass is 261 g/mol. The maximum atomic E-state index is 11.7. The number of ether oxygens (including phenoxy) is 1. The van der Waals surface area contributed by atoms with E-state index < -0.39 is 11.5 Å². The maximum Gasteiger partial charge on any atom is 0.330 e. The number of halogens is 2. The van der Waals surface area contributed by atoms with Crippen molar-refractivity contribution in [3.8, 4) is 0 Å². The first-order valence-corrected chi connectivity index (χ1v) is 5.56. The van der Waals surface area contributed by atoms with Crippen LogP contribution in [0.2, 0.25) is 10.0 Å². The molecule has 0 aliphatic rings. The molecular formula is C11H13Cl2NO2. The molecule has 0 aliphatic heterocycles. The molecule has 0 aromatic heterocycles. The molecular weight excluding hydrogens is 249 g/mol. The van der Waals surface area contributed by atoms with E-state index in [1.807, 2.05) is 0 Å². The minimum atomic E-state index is -1.27. The summed E-state index contributed by atoms with van der Waals surface area (Å²) in [6.07, 6.45) is 0. The number of benzene rings is 1. The first-order chi connectivity index (χ1) is 7.39. The number of rotatable bonds is 3. The molecule has 5 heteroatoms. The summed E-state index contributed by atoms with van der Waals surface area (Å²) in [5.41, 5.74) is 5.15. The summed E-state index contributed by atoms with van der Waals surface area (Å²) in [4.78, 5) is 11.7. The van der Waals surface area contributed by atoms with Crippen LogP contribution in [0.25, 0.3) is 0 Å². The molecule has 3 nitrogen and oxygen atoms in total. The van der Waals surface area contributed by atoms with Gasteiger partial charge in [0.05, 0.1) is 6.61 Å². The van der Waals surface area contributed by atoms with E-state index in [1.54, 1.807) is 32.0 Å². The SMILES string of the molecule is CCOC(=O)C(C)(N)c1ccc(Cl)cc1Cl. The predicted octanol–water partition coefficient (Wildman–Crippen LogP) is 2.73. The minimum Gasteiger partial charge on any atom is -0.464 e. The van der Waals surface area contributed by atoms with Crippen LogP contribution in [-0.4, -0.2) is 12.6 Å². The number of hydrogen-bond donors (Lipinski definition) is 1. The Hall–Kier alpha value is -0.770. The van der Waals surface area contributed by atoms with Gasteiger partial charge in [-0.05, 0) is 26.0 Å². The van der Waals surface area contributed by atoms with Crippen LogP contribution in [0, 0.1) is 0 Å². The number of hydrogen-bond acceptors (Lipinski definition) is 3. The Labute approximate surface area is 104 Å². The van der Waals surface area contributed by atoms with E-state index in [2.05, 4.69) is 0 Å². The Morgan fingerprint density at radius 3 is 2.62 bits per heavy atom. The van der Waals surface area contributed by atoms with E-state index in [1.165, 1.54) is 0 Å². The lowest BCUT2D eigenvalue weighted by molar-refractivity contribution is -0.149. The van der Waals surface area contributed by atoms with Crippen LogP contribution in [0.1, 0.15) is 19.4 Å². The molecule has 0 amide bonds. The van der Waals surface area contributed by atoms with Gasteiger partial charge in [0, 0.05) is 15.6 Å². The van der Waals surface area contributed by atoms with E-state index in [9.17, 15) is 4.79 Å². The summed E-state index contributed by atoms with van der Waals surface area (Å²) >= 11 is 11.8. The first kappa shape index (κ1) is 13.3. The second kappa shape index (κ2) is 5.04. The molecule has 0 heterocycles. The lowest BCUT2D eigenvalue weighted by atomic mass is 9.93. The van der Waals surface area contributed by atoms with E-state index in [0.29, 0.717) is 15.6 Å². The van der Waals surface area contributed by atoms with Gasteiger partial charge in [-0.1, -0.05) is 29.3 Å². The summed E-state index contributed by atoms with van der Waals surface area (Å²) in [5, 5.41) is 0.846. The van der Waals surface area contributed by atoms with Gasteiger partial charge in [0.2, 0.25) is 0 Å². The molecule has 0 saturated heterocycles. The molecule has 88 valence electrons. The fraction of sp³-hybridized carbons (Fsp3) is 0.364. The topological polar surface area (TPSA) is 52.3 Å². The fourth-order valence-corrected chi connectivity index (χ4v) is 1.91. The average Bonchev–Trinajstić information content (AvgIpc) is 2.17. The van der Waals surface area contributed by atoms with Gasteiger partial charge in [0.25, 0.3) is 0 Å². The van der Waals surface area contributed by atoms with Gasteiger partial charge in [-0.25, -0.2) is 4.79 Å². The van der Waals surface area contributed by atoms with E-state index in [4.69, 9.17) is 33.7 Å². The Bertz CT molecular complexity index is 405. The van der Waals surface area contributed by atoms with E-state index >= 15 is 0 Å². The van der Waals surface area contributed by atoms with E-state index in [-0.39, 0.29) is 6.61 Å². The molecule has 16 heavy (non-hydrogen) atoms. The lowest BCUT2D eigenvalue weighted by Gasteiger charge is -2.23. The predicted molar refractivity (Wildman–Crippen MR) is 64.6 cm³/mol. The number of esters is 1. The quantitative estimate of drug-likeness (QED) is 0.852. The molecule has 1 atom stereocenters. The molecule has 2 N–H and O–H groups in total. The van der Waals surface area contributed by atoms with Crippen LogP contribution in [0.5, 0.6) is 0 Å². The van der Waals surface area contributed by atoms with Gasteiger partial charge in [0.15, 0.2) is 0 Å². The van der Waals surface area contributed by atoms with Crippen LogP contribution >= 0.6 is 23.2 Å². The van der Waals surface area contributed by atoms with Crippen molar-refractivity contribution in [1.29, 1.82) is 0 Å². The Morgan fingerprint density at radius 2 is 2.12 bits per heavy atom. The Kier molecular flexibility index (Phi) is 4.19. The second-order valence-corrected chi connectivity index (χ2v) is 4.39. The van der Waals surface area contributed by atoms with Crippen molar-refractivity contribution < 1.29 is 9.53 Å². The van der Waals surface area contributed by atoms with Gasteiger partial charge in [-0.2, -0.15) is 0 Å². The largest absolute Gasteiger partial charge is 0.464 e. The molecule has 0 fully saturated rings. The average molecular weight is 262 g/mol. The van der Waals surface area contributed by atoms with Gasteiger partial charge >= 0.3 is 5.97 Å². The summed E-state index contributed by atoms with van der Waals surface area (Å²) in [5.74, 6) is -0.515. The van der Waals surface area contributed by atoms with Crippen molar-refractivity contribution in [2.45, 2.75) is 19.4 Å². The van der Waals surface area contributed by atoms with Gasteiger partial charge < -0.3 is 10.5 Å². The van der Waals surface area contributed by atoms with Gasteiger partial charge in [-0.15, -0.1) is 0 Å². The van der Waals surface area contributed by atoms with E-state index in [0.717, 1.165) is 0 Å². The number of carbonyl (C=O) groups is 1. The zero-order chi connectivity index (χ0) is 12.3. The molecule has 1 aromatic rings. The smallest absolute Gasteiger partial charge is 0.330 e. The number of carbonyl (C=O) groups excluding carboxylic acids is 1. The molecule has 0 radical (unpaired) electrons. The summed E-state index contributed by atoms with van der Waals surface area (Å²) in [6, 6.07) is 4.80. The zero-order valence-corrected chi connectivity index (χ0v) is 10.6. The minimum absolute atomic E-state index is 0.275.